The van der Waals surface area contributed by atoms with Crippen molar-refractivity contribution in [1.29, 1.82) is 0 Å². The Hall–Kier alpha value is -3.35. The number of hydrogen-bond donors (Lipinski definition) is 0. The van der Waals surface area contributed by atoms with Gasteiger partial charge in [-0.05, 0) is 60.7 Å². The van der Waals surface area contributed by atoms with Crippen LogP contribution < -0.4 is 4.74 Å². The van der Waals surface area contributed by atoms with Gasteiger partial charge in [0.2, 0.25) is 0 Å². The summed E-state index contributed by atoms with van der Waals surface area (Å²) in [7, 11) is 0. The molecule has 2 aromatic rings. The van der Waals surface area contributed by atoms with Gasteiger partial charge < -0.3 is 19.3 Å². The maximum absolute atomic E-state index is 13.0. The van der Waals surface area contributed by atoms with Crippen molar-refractivity contribution in [3.8, 4) is 5.75 Å². The van der Waals surface area contributed by atoms with E-state index in [9.17, 15) is 14.4 Å². The Morgan fingerprint density at radius 1 is 0.788 bits per heavy atom. The van der Waals surface area contributed by atoms with Crippen LogP contribution in [0.3, 0.4) is 0 Å². The fraction of sp³-hybridized carbons (Fsp3) is 0.423. The van der Waals surface area contributed by atoms with Crippen molar-refractivity contribution < 1.29 is 23.9 Å². The number of ether oxygens (including phenoxy) is 2. The van der Waals surface area contributed by atoms with E-state index in [1.807, 2.05) is 29.2 Å². The largest absolute Gasteiger partial charge is 0.513 e. The predicted molar refractivity (Wildman–Crippen MR) is 126 cm³/mol. The second kappa shape index (κ2) is 10.5. The molecular weight excluding hydrogens is 420 g/mol. The monoisotopic (exact) mass is 452 g/mol. The third kappa shape index (κ3) is 6.34. The zero-order valence-corrected chi connectivity index (χ0v) is 19.8. The molecule has 2 amide bonds. The Labute approximate surface area is 195 Å². The molecule has 1 aliphatic heterocycles. The van der Waals surface area contributed by atoms with Crippen LogP contribution in [-0.4, -0.2) is 60.6 Å². The summed E-state index contributed by atoms with van der Waals surface area (Å²) in [5.41, 5.74) is 2.39. The molecule has 0 unspecified atom stereocenters. The quantitative estimate of drug-likeness (QED) is 0.504. The minimum Gasteiger partial charge on any atom is -0.434 e. The van der Waals surface area contributed by atoms with Crippen LogP contribution in [0.1, 0.15) is 60.4 Å². The first-order valence-corrected chi connectivity index (χ1v) is 11.3. The summed E-state index contributed by atoms with van der Waals surface area (Å²) >= 11 is 0. The summed E-state index contributed by atoms with van der Waals surface area (Å²) < 4.78 is 9.78. The molecule has 0 N–H and O–H groups in total. The molecule has 7 heteroatoms. The first kappa shape index (κ1) is 24.3. The smallest absolute Gasteiger partial charge is 0.434 e. The average Bonchev–Trinajstić information content (AvgIpc) is 3.05. The van der Waals surface area contributed by atoms with E-state index in [1.54, 1.807) is 36.1 Å². The molecule has 0 bridgehead atoms. The van der Waals surface area contributed by atoms with Crippen LogP contribution in [0.5, 0.6) is 5.75 Å². The summed E-state index contributed by atoms with van der Waals surface area (Å²) in [6, 6.07) is 14.2. The van der Waals surface area contributed by atoms with Crippen molar-refractivity contribution in [2.45, 2.75) is 39.5 Å². The van der Waals surface area contributed by atoms with Crippen LogP contribution in [-0.2, 0) is 10.2 Å². The average molecular weight is 453 g/mol. The highest BCUT2D eigenvalue weighted by Gasteiger charge is 2.24. The third-order valence-electron chi connectivity index (χ3n) is 5.63. The molecule has 176 valence electrons. The van der Waals surface area contributed by atoms with Crippen LogP contribution >= 0.6 is 0 Å². The molecule has 1 heterocycles. The van der Waals surface area contributed by atoms with Gasteiger partial charge in [-0.3, -0.25) is 9.59 Å². The minimum absolute atomic E-state index is 0.00905. The number of carbonyl (C=O) groups excluding carboxylic acids is 3. The van der Waals surface area contributed by atoms with Gasteiger partial charge in [0.1, 0.15) is 5.75 Å². The molecule has 2 aromatic carbocycles. The predicted octanol–water partition coefficient (Wildman–Crippen LogP) is 4.51. The van der Waals surface area contributed by atoms with E-state index < -0.39 is 6.16 Å². The van der Waals surface area contributed by atoms with Crippen molar-refractivity contribution in [2.75, 3.05) is 32.8 Å². The van der Waals surface area contributed by atoms with Crippen LogP contribution in [0, 0.1) is 0 Å². The molecule has 1 saturated heterocycles. The van der Waals surface area contributed by atoms with Crippen LogP contribution in [0.25, 0.3) is 0 Å². The van der Waals surface area contributed by atoms with Gasteiger partial charge in [-0.1, -0.05) is 32.9 Å². The molecule has 0 aliphatic carbocycles. The van der Waals surface area contributed by atoms with Gasteiger partial charge in [0.05, 0.1) is 6.61 Å². The molecule has 3 rings (SSSR count). The Bertz CT molecular complexity index is 977. The molecule has 7 nitrogen and oxygen atoms in total. The van der Waals surface area contributed by atoms with Crippen molar-refractivity contribution in [3.05, 3.63) is 65.2 Å². The van der Waals surface area contributed by atoms with E-state index in [-0.39, 0.29) is 23.8 Å². The minimum atomic E-state index is -0.776. The van der Waals surface area contributed by atoms with Gasteiger partial charge in [0.15, 0.2) is 0 Å². The van der Waals surface area contributed by atoms with Crippen molar-refractivity contribution in [2.24, 2.45) is 0 Å². The van der Waals surface area contributed by atoms with Crippen molar-refractivity contribution in [1.82, 2.24) is 9.80 Å². The Balaban J connectivity index is 1.59. The summed E-state index contributed by atoms with van der Waals surface area (Å²) in [6.07, 6.45) is -0.0661. The van der Waals surface area contributed by atoms with Gasteiger partial charge in [0, 0.05) is 37.3 Å². The molecule has 0 saturated carbocycles. The second-order valence-electron chi connectivity index (χ2n) is 9.07. The molecule has 0 radical (unpaired) electrons. The SMILES string of the molecule is CCOC(=O)Oc1ccc(C(=O)N2CCCN(C(=O)c3ccc(C(C)(C)C)cc3)CC2)cc1. The Kier molecular flexibility index (Phi) is 7.74. The lowest BCUT2D eigenvalue weighted by atomic mass is 9.86. The lowest BCUT2D eigenvalue weighted by Gasteiger charge is -2.23. The van der Waals surface area contributed by atoms with Gasteiger partial charge >= 0.3 is 6.16 Å². The van der Waals surface area contributed by atoms with E-state index in [4.69, 9.17) is 9.47 Å². The highest BCUT2D eigenvalue weighted by Crippen LogP contribution is 2.23. The van der Waals surface area contributed by atoms with Crippen molar-refractivity contribution >= 4 is 18.0 Å². The van der Waals surface area contributed by atoms with E-state index >= 15 is 0 Å². The van der Waals surface area contributed by atoms with E-state index in [0.717, 1.165) is 0 Å². The molecule has 0 aromatic heterocycles. The number of benzene rings is 2. The molecule has 33 heavy (non-hydrogen) atoms. The summed E-state index contributed by atoms with van der Waals surface area (Å²) in [5, 5.41) is 0. The first-order valence-electron chi connectivity index (χ1n) is 11.3. The van der Waals surface area contributed by atoms with Crippen molar-refractivity contribution in [3.63, 3.8) is 0 Å². The summed E-state index contributed by atoms with van der Waals surface area (Å²) in [5.74, 6) is 0.196. The van der Waals surface area contributed by atoms with E-state index in [2.05, 4.69) is 20.8 Å². The zero-order chi connectivity index (χ0) is 24.0. The number of hydrogen-bond acceptors (Lipinski definition) is 5. The lowest BCUT2D eigenvalue weighted by molar-refractivity contribution is 0.0718. The van der Waals surface area contributed by atoms with E-state index in [0.29, 0.717) is 49.5 Å². The fourth-order valence-electron chi connectivity index (χ4n) is 3.71. The summed E-state index contributed by atoms with van der Waals surface area (Å²) in [4.78, 5) is 40.9. The lowest BCUT2D eigenvalue weighted by Crippen LogP contribution is -2.37. The van der Waals surface area contributed by atoms with Gasteiger partial charge in [-0.25, -0.2) is 4.79 Å². The summed E-state index contributed by atoms with van der Waals surface area (Å²) in [6.45, 7) is 10.5. The highest BCUT2D eigenvalue weighted by atomic mass is 16.7. The Morgan fingerprint density at radius 3 is 1.73 bits per heavy atom. The normalized spacial score (nSPS) is 14.4. The zero-order valence-electron chi connectivity index (χ0n) is 19.8. The Morgan fingerprint density at radius 2 is 1.27 bits per heavy atom. The van der Waals surface area contributed by atoms with Crippen LogP contribution in [0.4, 0.5) is 4.79 Å². The first-order chi connectivity index (χ1) is 15.7. The number of carbonyl (C=O) groups is 3. The van der Waals surface area contributed by atoms with Crippen LogP contribution in [0.15, 0.2) is 48.5 Å². The van der Waals surface area contributed by atoms with E-state index in [1.165, 1.54) is 5.56 Å². The fourth-order valence-corrected chi connectivity index (χ4v) is 3.71. The third-order valence-corrected chi connectivity index (χ3v) is 5.63. The molecule has 1 fully saturated rings. The van der Waals surface area contributed by atoms with Gasteiger partial charge in [-0.15, -0.1) is 0 Å². The molecule has 0 spiro atoms. The molecule has 1 aliphatic rings. The maximum atomic E-state index is 13.0. The molecule has 0 atom stereocenters. The maximum Gasteiger partial charge on any atom is 0.513 e. The number of nitrogens with zero attached hydrogens (tertiary/aromatic N) is 2. The topological polar surface area (TPSA) is 76.2 Å². The second-order valence-corrected chi connectivity index (χ2v) is 9.07. The number of amides is 2. The highest BCUT2D eigenvalue weighted by molar-refractivity contribution is 5.95. The van der Waals surface area contributed by atoms with Gasteiger partial charge in [-0.2, -0.15) is 0 Å². The van der Waals surface area contributed by atoms with Gasteiger partial charge in [0.25, 0.3) is 11.8 Å². The van der Waals surface area contributed by atoms with Crippen LogP contribution in [0.2, 0.25) is 0 Å². The standard InChI is InChI=1S/C26H32N2O5/c1-5-32-25(31)33-22-13-9-20(10-14-22)24(30)28-16-6-15-27(17-18-28)23(29)19-7-11-21(12-8-19)26(2,3)4/h7-14H,5-6,15-18H2,1-4H3. The molecular formula is C26H32N2O5. The number of rotatable bonds is 4.